The Hall–Kier alpha value is -1.36. The Kier molecular flexibility index (Phi) is 4.29. The van der Waals surface area contributed by atoms with Gasteiger partial charge in [0.25, 0.3) is 0 Å². The summed E-state index contributed by atoms with van der Waals surface area (Å²) in [5.74, 6) is 3.74. The Morgan fingerprint density at radius 1 is 1.10 bits per heavy atom. The lowest BCUT2D eigenvalue weighted by atomic mass is 10.1. The first-order valence-electron chi connectivity index (χ1n) is 8.23. The molecule has 2 unspecified atom stereocenters. The molecule has 3 rings (SSSR count). The van der Waals surface area contributed by atoms with Gasteiger partial charge in [0.15, 0.2) is 0 Å². The van der Waals surface area contributed by atoms with E-state index in [1.165, 1.54) is 12.8 Å². The van der Waals surface area contributed by atoms with Crippen LogP contribution in [0.4, 0.5) is 11.6 Å². The van der Waals surface area contributed by atoms with Crippen LogP contribution in [0, 0.1) is 12.8 Å². The molecule has 5 heteroatoms. The minimum absolute atomic E-state index is 0.157. The van der Waals surface area contributed by atoms with E-state index in [0.717, 1.165) is 55.4 Å². The average molecular weight is 290 g/mol. The van der Waals surface area contributed by atoms with Crippen LogP contribution >= 0.6 is 0 Å². The average Bonchev–Trinajstić information content (AvgIpc) is 3.24. The van der Waals surface area contributed by atoms with Crippen LogP contribution in [0.25, 0.3) is 0 Å². The fourth-order valence-electron chi connectivity index (χ4n) is 3.05. The molecule has 0 saturated heterocycles. The summed E-state index contributed by atoms with van der Waals surface area (Å²) in [6.07, 6.45) is 5.42. The lowest BCUT2D eigenvalue weighted by molar-refractivity contribution is 0.138. The number of aromatic nitrogens is 2. The van der Waals surface area contributed by atoms with Crippen LogP contribution in [0.3, 0.4) is 0 Å². The number of hydrogen-bond acceptors (Lipinski definition) is 5. The van der Waals surface area contributed by atoms with E-state index in [1.54, 1.807) is 0 Å². The Morgan fingerprint density at radius 2 is 1.81 bits per heavy atom. The molecular weight excluding hydrogens is 264 g/mol. The molecule has 0 amide bonds. The number of nitrogens with one attached hydrogen (secondary N) is 2. The molecule has 0 aromatic carbocycles. The monoisotopic (exact) mass is 290 g/mol. The Balaban J connectivity index is 1.75. The van der Waals surface area contributed by atoms with Gasteiger partial charge in [0.05, 0.1) is 6.10 Å². The van der Waals surface area contributed by atoms with E-state index in [-0.39, 0.29) is 6.10 Å². The summed E-state index contributed by atoms with van der Waals surface area (Å²) < 4.78 is 0. The molecule has 1 heterocycles. The number of hydrogen-bond donors (Lipinski definition) is 3. The molecule has 2 aliphatic carbocycles. The van der Waals surface area contributed by atoms with Gasteiger partial charge in [-0.05, 0) is 39.5 Å². The summed E-state index contributed by atoms with van der Waals surface area (Å²) in [6, 6.07) is 0. The number of aliphatic hydroxyl groups is 1. The first-order chi connectivity index (χ1) is 10.2. The topological polar surface area (TPSA) is 70.1 Å². The molecule has 0 spiro atoms. The van der Waals surface area contributed by atoms with E-state index in [2.05, 4.69) is 29.5 Å². The normalized spacial score (nSPS) is 25.1. The number of nitrogens with zero attached hydrogens (tertiary/aromatic N) is 2. The van der Waals surface area contributed by atoms with Crippen molar-refractivity contribution in [1.29, 1.82) is 0 Å². The largest absolute Gasteiger partial charge is 0.393 e. The van der Waals surface area contributed by atoms with Gasteiger partial charge in [0.1, 0.15) is 17.5 Å². The van der Waals surface area contributed by atoms with Gasteiger partial charge in [0, 0.05) is 30.5 Å². The Bertz CT molecular complexity index is 501. The smallest absolute Gasteiger partial charge is 0.136 e. The van der Waals surface area contributed by atoms with Crippen LogP contribution in [0.2, 0.25) is 0 Å². The van der Waals surface area contributed by atoms with Gasteiger partial charge < -0.3 is 15.7 Å². The van der Waals surface area contributed by atoms with Crippen LogP contribution < -0.4 is 10.6 Å². The van der Waals surface area contributed by atoms with Gasteiger partial charge in [-0.1, -0.05) is 6.42 Å². The molecule has 1 aromatic rings. The van der Waals surface area contributed by atoms with E-state index in [0.29, 0.717) is 11.8 Å². The Morgan fingerprint density at radius 3 is 2.38 bits per heavy atom. The van der Waals surface area contributed by atoms with E-state index < -0.39 is 0 Å². The van der Waals surface area contributed by atoms with Crippen LogP contribution in [0.15, 0.2) is 0 Å². The second-order valence-electron chi connectivity index (χ2n) is 6.35. The summed E-state index contributed by atoms with van der Waals surface area (Å²) in [6.45, 7) is 5.81. The number of anilines is 2. The predicted octanol–water partition coefficient (Wildman–Crippen LogP) is 2.67. The van der Waals surface area contributed by atoms with Crippen molar-refractivity contribution in [3.63, 3.8) is 0 Å². The fraction of sp³-hybridized carbons (Fsp3) is 0.750. The molecule has 21 heavy (non-hydrogen) atoms. The summed E-state index contributed by atoms with van der Waals surface area (Å²) >= 11 is 0. The second-order valence-corrected chi connectivity index (χ2v) is 6.35. The summed E-state index contributed by atoms with van der Waals surface area (Å²) in [7, 11) is 0. The van der Waals surface area contributed by atoms with E-state index >= 15 is 0 Å². The van der Waals surface area contributed by atoms with E-state index in [9.17, 15) is 5.11 Å². The number of aliphatic hydroxyl groups excluding tert-OH is 1. The standard InChI is InChI=1S/C16H26N4O/c1-3-17-14-10(2)15(20-16(19-14)11-7-8-11)18-9-12-5-4-6-13(12)21/h11-13,21H,3-9H2,1-2H3,(H2,17,18,19,20). The summed E-state index contributed by atoms with van der Waals surface area (Å²) in [5.41, 5.74) is 1.08. The van der Waals surface area contributed by atoms with Crippen LogP contribution in [0.5, 0.6) is 0 Å². The molecule has 0 aliphatic heterocycles. The highest BCUT2D eigenvalue weighted by molar-refractivity contribution is 5.57. The lowest BCUT2D eigenvalue weighted by Gasteiger charge is -2.18. The molecule has 2 atom stereocenters. The highest BCUT2D eigenvalue weighted by Crippen LogP contribution is 2.39. The van der Waals surface area contributed by atoms with Gasteiger partial charge in [-0.15, -0.1) is 0 Å². The van der Waals surface area contributed by atoms with Crippen molar-refractivity contribution in [2.75, 3.05) is 23.7 Å². The first-order valence-corrected chi connectivity index (χ1v) is 8.23. The molecule has 0 bridgehead atoms. The van der Waals surface area contributed by atoms with Crippen LogP contribution in [0.1, 0.15) is 56.3 Å². The maximum absolute atomic E-state index is 9.94. The zero-order valence-corrected chi connectivity index (χ0v) is 13.0. The lowest BCUT2D eigenvalue weighted by Crippen LogP contribution is -2.23. The number of rotatable bonds is 6. The van der Waals surface area contributed by atoms with Crippen LogP contribution in [-0.4, -0.2) is 34.3 Å². The maximum atomic E-state index is 9.94. The third-order valence-electron chi connectivity index (χ3n) is 4.60. The highest BCUT2D eigenvalue weighted by Gasteiger charge is 2.29. The van der Waals surface area contributed by atoms with E-state index in [4.69, 9.17) is 4.98 Å². The van der Waals surface area contributed by atoms with Gasteiger partial charge in [-0.3, -0.25) is 0 Å². The SMILES string of the molecule is CCNc1nc(C2CC2)nc(NCC2CCCC2O)c1C. The molecular formula is C16H26N4O. The molecule has 0 radical (unpaired) electrons. The summed E-state index contributed by atoms with van der Waals surface area (Å²) in [5, 5.41) is 16.7. The van der Waals surface area contributed by atoms with Gasteiger partial charge in [-0.25, -0.2) is 9.97 Å². The molecule has 1 aromatic heterocycles. The Labute approximate surface area is 126 Å². The molecule has 3 N–H and O–H groups in total. The first kappa shape index (κ1) is 14.6. The van der Waals surface area contributed by atoms with E-state index in [1.807, 2.05) is 0 Å². The quantitative estimate of drug-likeness (QED) is 0.751. The molecule has 2 aliphatic rings. The molecule has 2 fully saturated rings. The molecule has 5 nitrogen and oxygen atoms in total. The minimum atomic E-state index is -0.157. The molecule has 116 valence electrons. The third kappa shape index (κ3) is 3.28. The van der Waals surface area contributed by atoms with Crippen molar-refractivity contribution in [2.45, 2.75) is 58.0 Å². The molecule has 2 saturated carbocycles. The zero-order valence-electron chi connectivity index (χ0n) is 13.0. The van der Waals surface area contributed by atoms with Gasteiger partial charge in [-0.2, -0.15) is 0 Å². The van der Waals surface area contributed by atoms with Crippen molar-refractivity contribution in [3.8, 4) is 0 Å². The van der Waals surface area contributed by atoms with Crippen molar-refractivity contribution >= 4 is 11.6 Å². The fourth-order valence-corrected chi connectivity index (χ4v) is 3.05. The van der Waals surface area contributed by atoms with Crippen molar-refractivity contribution in [2.24, 2.45) is 5.92 Å². The van der Waals surface area contributed by atoms with Gasteiger partial charge >= 0.3 is 0 Å². The van der Waals surface area contributed by atoms with Crippen molar-refractivity contribution in [3.05, 3.63) is 11.4 Å². The predicted molar refractivity (Wildman–Crippen MR) is 84.7 cm³/mol. The highest BCUT2D eigenvalue weighted by atomic mass is 16.3. The second kappa shape index (κ2) is 6.18. The van der Waals surface area contributed by atoms with Crippen molar-refractivity contribution in [1.82, 2.24) is 9.97 Å². The van der Waals surface area contributed by atoms with Crippen molar-refractivity contribution < 1.29 is 5.11 Å². The van der Waals surface area contributed by atoms with Crippen LogP contribution in [-0.2, 0) is 0 Å². The minimum Gasteiger partial charge on any atom is -0.393 e. The summed E-state index contributed by atoms with van der Waals surface area (Å²) in [4.78, 5) is 9.39. The zero-order chi connectivity index (χ0) is 14.8. The maximum Gasteiger partial charge on any atom is 0.136 e. The van der Waals surface area contributed by atoms with Gasteiger partial charge in [0.2, 0.25) is 0 Å². The third-order valence-corrected chi connectivity index (χ3v) is 4.60.